The van der Waals surface area contributed by atoms with Crippen molar-refractivity contribution in [1.29, 1.82) is 0 Å². The number of benzene rings is 3. The lowest BCUT2D eigenvalue weighted by atomic mass is 9.90. The summed E-state index contributed by atoms with van der Waals surface area (Å²) in [6.45, 7) is 2.19. The van der Waals surface area contributed by atoms with E-state index in [0.717, 1.165) is 38.5 Å². The topological polar surface area (TPSA) is 117 Å². The number of carboxylic acids is 1. The minimum Gasteiger partial charge on any atom is -0.508 e. The summed E-state index contributed by atoms with van der Waals surface area (Å²) in [4.78, 5) is 37.6. The summed E-state index contributed by atoms with van der Waals surface area (Å²) in [5, 5.41) is 23.7. The Labute approximate surface area is 220 Å². The van der Waals surface area contributed by atoms with Crippen LogP contribution in [0.4, 0.5) is 5.69 Å². The van der Waals surface area contributed by atoms with Crippen molar-refractivity contribution in [3.63, 3.8) is 0 Å². The first-order valence-corrected chi connectivity index (χ1v) is 13.2. The molecule has 0 saturated heterocycles. The molecular weight excluding hydrogens is 482 g/mol. The van der Waals surface area contributed by atoms with Gasteiger partial charge in [-0.25, -0.2) is 4.79 Å². The van der Waals surface area contributed by atoms with Gasteiger partial charge in [0.15, 0.2) is 5.43 Å². The molecule has 0 aromatic heterocycles. The quantitative estimate of drug-likeness (QED) is 0.191. The number of anilines is 1. The Morgan fingerprint density at radius 2 is 1.79 bits per heavy atom. The first-order valence-electron chi connectivity index (χ1n) is 13.2. The van der Waals surface area contributed by atoms with Crippen molar-refractivity contribution in [2.75, 3.05) is 5.32 Å². The first kappa shape index (κ1) is 25.5. The monoisotopic (exact) mass is 513 g/mol. The summed E-state index contributed by atoms with van der Waals surface area (Å²) in [6.07, 6.45) is 7.28. The van der Waals surface area contributed by atoms with Gasteiger partial charge in [-0.15, -0.1) is 0 Å². The maximum absolute atomic E-state index is 13.1. The maximum atomic E-state index is 13.1. The van der Waals surface area contributed by atoms with Gasteiger partial charge >= 0.3 is 5.97 Å². The Bertz CT molecular complexity index is 1540. The number of carboxylic acid groups (broad SMARTS) is 1. The SMILES string of the molecule is CCCC1CCCC(C(=O)Nc2ccc(-c3c4ccc(=O)cc-4oc4cc(O)ccc34)c(C(=O)O)c2)CC1. The van der Waals surface area contributed by atoms with Crippen LogP contribution in [0.5, 0.6) is 5.75 Å². The number of hydrogen-bond donors (Lipinski definition) is 3. The molecule has 0 bridgehead atoms. The van der Waals surface area contributed by atoms with Crippen molar-refractivity contribution in [3.05, 3.63) is 70.4 Å². The number of fused-ring (bicyclic) bond motifs is 2. The van der Waals surface area contributed by atoms with Crippen molar-refractivity contribution in [1.82, 2.24) is 0 Å². The van der Waals surface area contributed by atoms with Crippen molar-refractivity contribution >= 4 is 28.5 Å². The van der Waals surface area contributed by atoms with Crippen molar-refractivity contribution in [2.24, 2.45) is 11.8 Å². The van der Waals surface area contributed by atoms with E-state index < -0.39 is 5.97 Å². The van der Waals surface area contributed by atoms with E-state index in [4.69, 9.17) is 4.42 Å². The van der Waals surface area contributed by atoms with Gasteiger partial charge < -0.3 is 19.9 Å². The molecule has 38 heavy (non-hydrogen) atoms. The number of aromatic hydroxyl groups is 1. The highest BCUT2D eigenvalue weighted by atomic mass is 16.4. The van der Waals surface area contributed by atoms with Gasteiger partial charge in [0.1, 0.15) is 17.1 Å². The van der Waals surface area contributed by atoms with Gasteiger partial charge in [0.25, 0.3) is 0 Å². The zero-order valence-corrected chi connectivity index (χ0v) is 21.3. The third-order valence-corrected chi connectivity index (χ3v) is 7.62. The van der Waals surface area contributed by atoms with E-state index in [1.54, 1.807) is 24.3 Å². The van der Waals surface area contributed by atoms with Crippen LogP contribution in [0, 0.1) is 11.8 Å². The Morgan fingerprint density at radius 3 is 2.58 bits per heavy atom. The lowest BCUT2D eigenvalue weighted by Crippen LogP contribution is -2.22. The Morgan fingerprint density at radius 1 is 0.974 bits per heavy atom. The minimum atomic E-state index is -1.14. The number of phenolic OH excluding ortho intramolecular Hbond substituents is 1. The molecule has 2 aromatic rings. The van der Waals surface area contributed by atoms with Crippen LogP contribution in [0.25, 0.3) is 33.4 Å². The maximum Gasteiger partial charge on any atom is 0.336 e. The van der Waals surface area contributed by atoms with Crippen LogP contribution in [-0.4, -0.2) is 22.1 Å². The number of carbonyl (C=O) groups excluding carboxylic acids is 1. The van der Waals surface area contributed by atoms with Crippen LogP contribution in [0.2, 0.25) is 0 Å². The molecule has 1 fully saturated rings. The van der Waals surface area contributed by atoms with Crippen LogP contribution in [0.3, 0.4) is 0 Å². The molecule has 3 N–H and O–H groups in total. The predicted molar refractivity (Wildman–Crippen MR) is 147 cm³/mol. The second-order valence-corrected chi connectivity index (χ2v) is 10.2. The highest BCUT2D eigenvalue weighted by molar-refractivity contribution is 6.08. The van der Waals surface area contributed by atoms with Gasteiger partial charge in [-0.05, 0) is 67.1 Å². The summed E-state index contributed by atoms with van der Waals surface area (Å²) in [5.74, 6) is -0.344. The zero-order valence-electron chi connectivity index (χ0n) is 21.3. The fraction of sp³-hybridized carbons (Fsp3) is 0.323. The van der Waals surface area contributed by atoms with E-state index in [1.165, 1.54) is 36.8 Å². The molecular formula is C31H31NO6. The molecule has 5 rings (SSSR count). The number of phenols is 1. The number of rotatable bonds is 6. The van der Waals surface area contributed by atoms with Gasteiger partial charge in [-0.1, -0.05) is 38.7 Å². The average molecular weight is 514 g/mol. The number of aromatic carboxylic acids is 1. The fourth-order valence-corrected chi connectivity index (χ4v) is 5.75. The van der Waals surface area contributed by atoms with E-state index in [9.17, 15) is 24.6 Å². The molecule has 0 radical (unpaired) electrons. The normalized spacial score (nSPS) is 17.8. The van der Waals surface area contributed by atoms with Crippen molar-refractivity contribution in [2.45, 2.75) is 51.9 Å². The highest BCUT2D eigenvalue weighted by Crippen LogP contribution is 2.42. The largest absolute Gasteiger partial charge is 0.508 e. The van der Waals surface area contributed by atoms with Gasteiger partial charge in [-0.2, -0.15) is 0 Å². The van der Waals surface area contributed by atoms with Crippen molar-refractivity contribution in [3.8, 4) is 28.2 Å². The summed E-state index contributed by atoms with van der Waals surface area (Å²) >= 11 is 0. The summed E-state index contributed by atoms with van der Waals surface area (Å²) < 4.78 is 5.88. The average Bonchev–Trinajstić information content (AvgIpc) is 3.13. The molecule has 1 saturated carbocycles. The standard InChI is InChI=1S/C31H31NO6/c1-2-4-18-5-3-6-19(8-7-18)30(35)32-20-9-12-23(26(15-20)31(36)37)29-24-13-10-21(33)16-27(24)38-28-17-22(34)11-14-25(28)29/h9-19,33H,2-8H2,1H3,(H,32,35)(H,36,37). The third kappa shape index (κ3) is 5.14. The molecule has 1 aliphatic heterocycles. The second kappa shape index (κ2) is 10.7. The Balaban J connectivity index is 1.53. The smallest absolute Gasteiger partial charge is 0.336 e. The van der Waals surface area contributed by atoms with Crippen LogP contribution < -0.4 is 10.7 Å². The molecule has 1 heterocycles. The van der Waals surface area contributed by atoms with E-state index >= 15 is 0 Å². The predicted octanol–water partition coefficient (Wildman–Crippen LogP) is 6.90. The number of carbonyl (C=O) groups is 2. The molecule has 7 heteroatoms. The van der Waals surface area contributed by atoms with E-state index in [2.05, 4.69) is 12.2 Å². The highest BCUT2D eigenvalue weighted by Gasteiger charge is 2.26. The molecule has 2 aromatic carbocycles. The summed E-state index contributed by atoms with van der Waals surface area (Å²) in [6, 6.07) is 13.8. The van der Waals surface area contributed by atoms with Crippen LogP contribution in [0.15, 0.2) is 63.8 Å². The van der Waals surface area contributed by atoms with Gasteiger partial charge in [0.05, 0.1) is 5.56 Å². The lowest BCUT2D eigenvalue weighted by molar-refractivity contribution is -0.120. The van der Waals surface area contributed by atoms with Crippen LogP contribution in [0.1, 0.15) is 62.2 Å². The first-order chi connectivity index (χ1) is 18.3. The Kier molecular flexibility index (Phi) is 7.18. The molecule has 1 amide bonds. The van der Waals surface area contributed by atoms with E-state index in [1.807, 2.05) is 0 Å². The molecule has 0 spiro atoms. The minimum absolute atomic E-state index is 0.0131. The molecule has 3 aliphatic rings. The number of hydrogen-bond acceptors (Lipinski definition) is 5. The second-order valence-electron chi connectivity index (χ2n) is 10.2. The van der Waals surface area contributed by atoms with Crippen LogP contribution in [-0.2, 0) is 4.79 Å². The molecule has 2 atom stereocenters. The van der Waals surface area contributed by atoms with Gasteiger partial charge in [0.2, 0.25) is 5.91 Å². The number of amides is 1. The third-order valence-electron chi connectivity index (χ3n) is 7.62. The molecule has 2 aliphatic carbocycles. The van der Waals surface area contributed by atoms with Crippen LogP contribution >= 0.6 is 0 Å². The summed E-state index contributed by atoms with van der Waals surface area (Å²) in [7, 11) is 0. The zero-order chi connectivity index (χ0) is 26.8. The Hall–Kier alpha value is -4.13. The number of nitrogens with one attached hydrogen (secondary N) is 1. The van der Waals surface area contributed by atoms with Gasteiger partial charge in [-0.3, -0.25) is 9.59 Å². The summed E-state index contributed by atoms with van der Waals surface area (Å²) in [5.41, 5.74) is 2.08. The molecule has 196 valence electrons. The van der Waals surface area contributed by atoms with Crippen molar-refractivity contribution < 1.29 is 24.2 Å². The molecule has 7 nitrogen and oxygen atoms in total. The van der Waals surface area contributed by atoms with Gasteiger partial charge in [0, 0.05) is 40.3 Å². The lowest BCUT2D eigenvalue weighted by Gasteiger charge is -2.18. The van der Waals surface area contributed by atoms with E-state index in [0.29, 0.717) is 39.3 Å². The fourth-order valence-electron chi connectivity index (χ4n) is 5.75. The molecule has 2 unspecified atom stereocenters. The van der Waals surface area contributed by atoms with E-state index in [-0.39, 0.29) is 34.3 Å².